The Balaban J connectivity index is 1.49. The minimum absolute atomic E-state index is 0.111. The van der Waals surface area contributed by atoms with Crippen LogP contribution in [0.2, 0.25) is 0 Å². The molecule has 2 aliphatic heterocycles. The van der Waals surface area contributed by atoms with Crippen molar-refractivity contribution in [2.75, 3.05) is 39.8 Å². The molecule has 1 N–H and O–H groups in total. The number of carbonyl (C=O) groups is 1. The Morgan fingerprint density at radius 2 is 2.20 bits per heavy atom. The van der Waals surface area contributed by atoms with E-state index in [1.54, 1.807) is 0 Å². The fourth-order valence-electron chi connectivity index (χ4n) is 4.21. The predicted octanol–water partition coefficient (Wildman–Crippen LogP) is 2.75. The topological polar surface area (TPSA) is 44.8 Å². The summed E-state index contributed by atoms with van der Waals surface area (Å²) >= 11 is 0. The highest BCUT2D eigenvalue weighted by molar-refractivity contribution is 5.74. The van der Waals surface area contributed by atoms with E-state index in [-0.39, 0.29) is 6.03 Å². The van der Waals surface area contributed by atoms with Crippen molar-refractivity contribution in [2.24, 2.45) is 5.92 Å². The van der Waals surface area contributed by atoms with Gasteiger partial charge in [-0.2, -0.15) is 0 Å². The van der Waals surface area contributed by atoms with Crippen LogP contribution in [0.15, 0.2) is 24.3 Å². The first kappa shape index (κ1) is 18.1. The molecule has 2 fully saturated rings. The summed E-state index contributed by atoms with van der Waals surface area (Å²) in [4.78, 5) is 17.2. The molecule has 2 saturated heterocycles. The Labute approximate surface area is 151 Å². The minimum Gasteiger partial charge on any atom is -0.494 e. The molecule has 0 saturated carbocycles. The van der Waals surface area contributed by atoms with Crippen molar-refractivity contribution in [1.29, 1.82) is 0 Å². The average molecular weight is 345 g/mol. The van der Waals surface area contributed by atoms with E-state index in [9.17, 15) is 4.79 Å². The van der Waals surface area contributed by atoms with Gasteiger partial charge in [0, 0.05) is 25.7 Å². The first-order valence-electron chi connectivity index (χ1n) is 9.62. The molecular weight excluding hydrogens is 314 g/mol. The molecule has 25 heavy (non-hydrogen) atoms. The highest BCUT2D eigenvalue weighted by atomic mass is 16.5. The Hall–Kier alpha value is -1.75. The van der Waals surface area contributed by atoms with Gasteiger partial charge in [0.1, 0.15) is 5.75 Å². The molecule has 2 heterocycles. The monoisotopic (exact) mass is 345 g/mol. The number of nitrogens with zero attached hydrogens (tertiary/aromatic N) is 2. The molecule has 0 spiro atoms. The number of likely N-dealkylation sites (tertiary alicyclic amines) is 2. The molecule has 0 radical (unpaired) electrons. The van der Waals surface area contributed by atoms with E-state index in [1.807, 2.05) is 19.1 Å². The van der Waals surface area contributed by atoms with Gasteiger partial charge in [0.2, 0.25) is 0 Å². The van der Waals surface area contributed by atoms with Gasteiger partial charge in [-0.05, 0) is 69.8 Å². The lowest BCUT2D eigenvalue weighted by molar-refractivity contribution is 0.0534. The third-order valence-corrected chi connectivity index (χ3v) is 5.43. The van der Waals surface area contributed by atoms with Gasteiger partial charge in [-0.15, -0.1) is 0 Å². The molecule has 2 amide bonds. The molecular formula is C20H31N3O2. The zero-order valence-corrected chi connectivity index (χ0v) is 15.5. The van der Waals surface area contributed by atoms with Crippen LogP contribution in [0, 0.1) is 5.92 Å². The maximum absolute atomic E-state index is 12.7. The molecule has 2 atom stereocenters. The Morgan fingerprint density at radius 3 is 3.04 bits per heavy atom. The molecule has 2 unspecified atom stereocenters. The third-order valence-electron chi connectivity index (χ3n) is 5.43. The van der Waals surface area contributed by atoms with Gasteiger partial charge >= 0.3 is 6.03 Å². The maximum Gasteiger partial charge on any atom is 0.317 e. The van der Waals surface area contributed by atoms with Crippen LogP contribution in [0.1, 0.15) is 31.7 Å². The number of fused-ring (bicyclic) bond motifs is 1. The molecule has 1 aromatic rings. The van der Waals surface area contributed by atoms with Crippen molar-refractivity contribution in [3.63, 3.8) is 0 Å². The van der Waals surface area contributed by atoms with E-state index in [1.165, 1.54) is 12.0 Å². The van der Waals surface area contributed by atoms with Crippen LogP contribution in [0.25, 0.3) is 0 Å². The van der Waals surface area contributed by atoms with Crippen molar-refractivity contribution in [3.8, 4) is 5.75 Å². The average Bonchev–Trinajstić information content (AvgIpc) is 2.61. The molecule has 3 rings (SSSR count). The maximum atomic E-state index is 12.7. The van der Waals surface area contributed by atoms with E-state index in [4.69, 9.17) is 4.74 Å². The predicted molar refractivity (Wildman–Crippen MR) is 100 cm³/mol. The molecule has 138 valence electrons. The summed E-state index contributed by atoms with van der Waals surface area (Å²) in [5.74, 6) is 1.54. The first-order valence-corrected chi connectivity index (χ1v) is 9.62. The summed E-state index contributed by atoms with van der Waals surface area (Å²) < 4.78 is 5.54. The van der Waals surface area contributed by atoms with E-state index in [2.05, 4.69) is 34.3 Å². The molecule has 5 heteroatoms. The normalized spacial score (nSPS) is 23.8. The van der Waals surface area contributed by atoms with Crippen molar-refractivity contribution in [2.45, 2.75) is 38.6 Å². The van der Waals surface area contributed by atoms with Crippen molar-refractivity contribution < 1.29 is 9.53 Å². The number of hydrogen-bond acceptors (Lipinski definition) is 3. The highest BCUT2D eigenvalue weighted by Crippen LogP contribution is 2.30. The second-order valence-corrected chi connectivity index (χ2v) is 7.28. The Kier molecular flexibility index (Phi) is 6.19. The number of benzene rings is 1. The van der Waals surface area contributed by atoms with E-state index in [0.717, 1.165) is 44.6 Å². The first-order chi connectivity index (χ1) is 12.2. The fourth-order valence-corrected chi connectivity index (χ4v) is 4.21. The lowest BCUT2D eigenvalue weighted by atomic mass is 9.84. The quantitative estimate of drug-likeness (QED) is 0.892. The molecule has 2 aliphatic rings. The lowest BCUT2D eigenvalue weighted by Crippen LogP contribution is -2.57. The summed E-state index contributed by atoms with van der Waals surface area (Å²) in [5.41, 5.74) is 1.20. The number of rotatable bonds is 5. The number of nitrogens with one attached hydrogen (secondary N) is 1. The Bertz CT molecular complexity index is 578. The van der Waals surface area contributed by atoms with Gasteiger partial charge < -0.3 is 19.9 Å². The van der Waals surface area contributed by atoms with Crippen LogP contribution >= 0.6 is 0 Å². The summed E-state index contributed by atoms with van der Waals surface area (Å²) in [6.07, 6.45) is 4.31. The number of ether oxygens (including phenoxy) is 1. The fraction of sp³-hybridized carbons (Fsp3) is 0.650. The van der Waals surface area contributed by atoms with Crippen molar-refractivity contribution >= 4 is 6.03 Å². The van der Waals surface area contributed by atoms with E-state index < -0.39 is 0 Å². The van der Waals surface area contributed by atoms with E-state index >= 15 is 0 Å². The van der Waals surface area contributed by atoms with Gasteiger partial charge in [0.25, 0.3) is 0 Å². The SMILES string of the molecule is CCOc1cccc(CCNC(=O)N2CCCC3CN(C)CCC32)c1. The van der Waals surface area contributed by atoms with E-state index in [0.29, 0.717) is 25.1 Å². The zero-order valence-electron chi connectivity index (χ0n) is 15.5. The van der Waals surface area contributed by atoms with Crippen LogP contribution in [0.3, 0.4) is 0 Å². The summed E-state index contributed by atoms with van der Waals surface area (Å²) in [7, 11) is 2.19. The van der Waals surface area contributed by atoms with Crippen LogP contribution in [0.5, 0.6) is 5.75 Å². The highest BCUT2D eigenvalue weighted by Gasteiger charge is 2.37. The lowest BCUT2D eigenvalue weighted by Gasteiger charge is -2.46. The molecule has 5 nitrogen and oxygen atoms in total. The summed E-state index contributed by atoms with van der Waals surface area (Å²) in [5, 5.41) is 3.13. The van der Waals surface area contributed by atoms with Crippen LogP contribution in [-0.4, -0.2) is 61.7 Å². The molecule has 0 aromatic heterocycles. The van der Waals surface area contributed by atoms with Crippen LogP contribution in [0.4, 0.5) is 4.79 Å². The van der Waals surface area contributed by atoms with Gasteiger partial charge in [-0.25, -0.2) is 4.79 Å². The number of urea groups is 1. The van der Waals surface area contributed by atoms with Gasteiger partial charge in [0.05, 0.1) is 6.61 Å². The second kappa shape index (κ2) is 8.56. The minimum atomic E-state index is 0.111. The number of amides is 2. The number of carbonyl (C=O) groups excluding carboxylic acids is 1. The smallest absolute Gasteiger partial charge is 0.317 e. The molecule has 1 aromatic carbocycles. The summed E-state index contributed by atoms with van der Waals surface area (Å²) in [6, 6.07) is 8.66. The van der Waals surface area contributed by atoms with Gasteiger partial charge in [-0.1, -0.05) is 12.1 Å². The van der Waals surface area contributed by atoms with Crippen LogP contribution < -0.4 is 10.1 Å². The molecule has 0 aliphatic carbocycles. The number of piperidine rings is 2. The van der Waals surface area contributed by atoms with Crippen molar-refractivity contribution in [1.82, 2.24) is 15.1 Å². The Morgan fingerprint density at radius 1 is 1.32 bits per heavy atom. The standard InChI is InChI=1S/C20H31N3O2/c1-3-25-18-8-4-6-16(14-18)9-11-21-20(24)23-12-5-7-17-15-22(2)13-10-19(17)23/h4,6,8,14,17,19H,3,5,7,9-13,15H2,1-2H3,(H,21,24). The second-order valence-electron chi connectivity index (χ2n) is 7.28. The van der Waals surface area contributed by atoms with Gasteiger partial charge in [-0.3, -0.25) is 0 Å². The van der Waals surface area contributed by atoms with Gasteiger partial charge in [0.15, 0.2) is 0 Å². The number of hydrogen-bond donors (Lipinski definition) is 1. The zero-order chi connectivity index (χ0) is 17.6. The molecule has 0 bridgehead atoms. The largest absolute Gasteiger partial charge is 0.494 e. The van der Waals surface area contributed by atoms with Crippen molar-refractivity contribution in [3.05, 3.63) is 29.8 Å². The van der Waals surface area contributed by atoms with Crippen LogP contribution in [-0.2, 0) is 6.42 Å². The third kappa shape index (κ3) is 4.66. The summed E-state index contributed by atoms with van der Waals surface area (Å²) in [6.45, 7) is 6.45.